The summed E-state index contributed by atoms with van der Waals surface area (Å²) >= 11 is 0. The lowest BCUT2D eigenvalue weighted by Gasteiger charge is -2.30. The van der Waals surface area contributed by atoms with Gasteiger partial charge in [0.25, 0.3) is 0 Å². The van der Waals surface area contributed by atoms with Gasteiger partial charge >= 0.3 is 6.09 Å². The third-order valence-electron chi connectivity index (χ3n) is 4.06. The second-order valence-corrected chi connectivity index (χ2v) is 7.51. The van der Waals surface area contributed by atoms with Crippen molar-refractivity contribution >= 4 is 17.8 Å². The van der Waals surface area contributed by atoms with Crippen LogP contribution in [0.3, 0.4) is 0 Å². The molecule has 7 heteroatoms. The molecule has 1 fully saturated rings. The smallest absolute Gasteiger partial charge is 0.407 e. The summed E-state index contributed by atoms with van der Waals surface area (Å²) in [6.07, 6.45) is 3.59. The van der Waals surface area contributed by atoms with Crippen molar-refractivity contribution in [1.29, 1.82) is 0 Å². The SMILES string of the molecule is Cc1cc(NC(=O)[C@H]2CCC[C@@H](NC(=O)OC(C)(C)C)C2)ncc1F. The Bertz CT molecular complexity index is 643. The number of hydrogen-bond acceptors (Lipinski definition) is 4. The molecule has 1 aliphatic carbocycles. The van der Waals surface area contributed by atoms with Gasteiger partial charge in [0.15, 0.2) is 0 Å². The average molecular weight is 351 g/mol. The number of alkyl carbamates (subject to hydrolysis) is 1. The van der Waals surface area contributed by atoms with E-state index in [4.69, 9.17) is 4.74 Å². The molecule has 138 valence electrons. The number of carbonyl (C=O) groups excluding carboxylic acids is 2. The molecular formula is C18H26FN3O3. The first-order chi connectivity index (χ1) is 11.6. The fraction of sp³-hybridized carbons (Fsp3) is 0.611. The molecule has 0 aliphatic heterocycles. The summed E-state index contributed by atoms with van der Waals surface area (Å²) < 4.78 is 18.5. The first-order valence-electron chi connectivity index (χ1n) is 8.56. The summed E-state index contributed by atoms with van der Waals surface area (Å²) in [5.74, 6) is -0.446. The van der Waals surface area contributed by atoms with Crippen molar-refractivity contribution in [3.63, 3.8) is 0 Å². The van der Waals surface area contributed by atoms with Crippen LogP contribution in [0.25, 0.3) is 0 Å². The quantitative estimate of drug-likeness (QED) is 0.873. The summed E-state index contributed by atoms with van der Waals surface area (Å²) in [7, 11) is 0. The molecule has 0 spiro atoms. The largest absolute Gasteiger partial charge is 0.444 e. The van der Waals surface area contributed by atoms with E-state index in [1.807, 2.05) is 0 Å². The highest BCUT2D eigenvalue weighted by Crippen LogP contribution is 2.26. The third kappa shape index (κ3) is 5.99. The maximum atomic E-state index is 13.3. The van der Waals surface area contributed by atoms with E-state index in [1.54, 1.807) is 27.7 Å². The second-order valence-electron chi connectivity index (χ2n) is 7.51. The van der Waals surface area contributed by atoms with Crippen molar-refractivity contribution in [2.45, 2.75) is 65.0 Å². The van der Waals surface area contributed by atoms with E-state index >= 15 is 0 Å². The van der Waals surface area contributed by atoms with Gasteiger partial charge in [-0.25, -0.2) is 14.2 Å². The van der Waals surface area contributed by atoms with E-state index in [-0.39, 0.29) is 17.9 Å². The molecule has 2 N–H and O–H groups in total. The van der Waals surface area contributed by atoms with E-state index in [0.717, 1.165) is 25.5 Å². The van der Waals surface area contributed by atoms with Crippen LogP contribution < -0.4 is 10.6 Å². The number of pyridine rings is 1. The topological polar surface area (TPSA) is 80.3 Å². The van der Waals surface area contributed by atoms with Gasteiger partial charge < -0.3 is 15.4 Å². The number of hydrogen-bond donors (Lipinski definition) is 2. The van der Waals surface area contributed by atoms with Crippen LogP contribution >= 0.6 is 0 Å². The van der Waals surface area contributed by atoms with Gasteiger partial charge in [-0.15, -0.1) is 0 Å². The number of halogens is 1. The van der Waals surface area contributed by atoms with E-state index in [2.05, 4.69) is 15.6 Å². The van der Waals surface area contributed by atoms with Crippen molar-refractivity contribution in [2.75, 3.05) is 5.32 Å². The molecule has 1 aromatic rings. The lowest BCUT2D eigenvalue weighted by atomic mass is 9.85. The molecule has 0 aromatic carbocycles. The lowest BCUT2D eigenvalue weighted by Crippen LogP contribution is -2.43. The van der Waals surface area contributed by atoms with Crippen molar-refractivity contribution in [2.24, 2.45) is 5.92 Å². The molecule has 1 heterocycles. The zero-order chi connectivity index (χ0) is 18.6. The number of nitrogens with one attached hydrogen (secondary N) is 2. The molecular weight excluding hydrogens is 325 g/mol. The molecule has 2 rings (SSSR count). The first kappa shape index (κ1) is 19.1. The Morgan fingerprint density at radius 1 is 1.32 bits per heavy atom. The zero-order valence-electron chi connectivity index (χ0n) is 15.2. The van der Waals surface area contributed by atoms with Crippen LogP contribution in [0.2, 0.25) is 0 Å². The Balaban J connectivity index is 1.90. The summed E-state index contributed by atoms with van der Waals surface area (Å²) in [5, 5.41) is 5.57. The minimum Gasteiger partial charge on any atom is -0.444 e. The maximum Gasteiger partial charge on any atom is 0.407 e. The maximum absolute atomic E-state index is 13.3. The summed E-state index contributed by atoms with van der Waals surface area (Å²) in [6.45, 7) is 7.04. The number of amides is 2. The normalized spacial score (nSPS) is 20.7. The van der Waals surface area contributed by atoms with Crippen molar-refractivity contribution in [1.82, 2.24) is 10.3 Å². The molecule has 0 saturated heterocycles. The van der Waals surface area contributed by atoms with E-state index in [9.17, 15) is 14.0 Å². The van der Waals surface area contributed by atoms with Gasteiger partial charge in [-0.1, -0.05) is 6.42 Å². The van der Waals surface area contributed by atoms with Crippen LogP contribution in [0.5, 0.6) is 0 Å². The predicted molar refractivity (Wildman–Crippen MR) is 92.7 cm³/mol. The van der Waals surface area contributed by atoms with Crippen LogP contribution in [0.4, 0.5) is 15.0 Å². The molecule has 0 unspecified atom stereocenters. The predicted octanol–water partition coefficient (Wildman–Crippen LogP) is 3.55. The molecule has 2 amide bonds. The van der Waals surface area contributed by atoms with Gasteiger partial charge in [0.05, 0.1) is 6.20 Å². The second kappa shape index (κ2) is 7.80. The van der Waals surface area contributed by atoms with Crippen molar-refractivity contribution in [3.8, 4) is 0 Å². The summed E-state index contributed by atoms with van der Waals surface area (Å²) in [6, 6.07) is 1.41. The fourth-order valence-electron chi connectivity index (χ4n) is 2.87. The van der Waals surface area contributed by atoms with Gasteiger partial charge in [-0.2, -0.15) is 0 Å². The molecule has 1 saturated carbocycles. The van der Waals surface area contributed by atoms with Crippen molar-refractivity contribution < 1.29 is 18.7 Å². The van der Waals surface area contributed by atoms with Crippen LogP contribution in [-0.2, 0) is 9.53 Å². The minimum absolute atomic E-state index is 0.0951. The van der Waals surface area contributed by atoms with Gasteiger partial charge in [0.1, 0.15) is 17.2 Å². The standard InChI is InChI=1S/C18H26FN3O3/c1-11-8-15(20-10-14(11)19)22-16(23)12-6-5-7-13(9-12)21-17(24)25-18(2,3)4/h8,10,12-13H,5-7,9H2,1-4H3,(H,21,24)(H,20,22,23)/t12-,13+/m0/s1. The van der Waals surface area contributed by atoms with Crippen LogP contribution in [0.1, 0.15) is 52.0 Å². The number of aromatic nitrogens is 1. The highest BCUT2D eigenvalue weighted by molar-refractivity contribution is 5.91. The first-order valence-corrected chi connectivity index (χ1v) is 8.56. The molecule has 1 aliphatic rings. The highest BCUT2D eigenvalue weighted by atomic mass is 19.1. The lowest BCUT2D eigenvalue weighted by molar-refractivity contribution is -0.121. The molecule has 0 bridgehead atoms. The average Bonchev–Trinajstić information content (AvgIpc) is 2.49. The summed E-state index contributed by atoms with van der Waals surface area (Å²) in [5.41, 5.74) is -0.125. The molecule has 2 atom stereocenters. The highest BCUT2D eigenvalue weighted by Gasteiger charge is 2.29. The van der Waals surface area contributed by atoms with Gasteiger partial charge in [-0.3, -0.25) is 4.79 Å². The molecule has 0 radical (unpaired) electrons. The fourth-order valence-corrected chi connectivity index (χ4v) is 2.87. The van der Waals surface area contributed by atoms with Gasteiger partial charge in [-0.05, 0) is 58.6 Å². The number of ether oxygens (including phenoxy) is 1. The number of nitrogens with zero attached hydrogens (tertiary/aromatic N) is 1. The molecule has 25 heavy (non-hydrogen) atoms. The van der Waals surface area contributed by atoms with Crippen molar-refractivity contribution in [3.05, 3.63) is 23.6 Å². The van der Waals surface area contributed by atoms with Gasteiger partial charge in [0, 0.05) is 12.0 Å². The Morgan fingerprint density at radius 2 is 2.04 bits per heavy atom. The van der Waals surface area contributed by atoms with E-state index in [0.29, 0.717) is 17.8 Å². The van der Waals surface area contributed by atoms with E-state index in [1.165, 1.54) is 6.07 Å². The number of aryl methyl sites for hydroxylation is 1. The van der Waals surface area contributed by atoms with Crippen LogP contribution in [-0.4, -0.2) is 28.6 Å². The Morgan fingerprint density at radius 3 is 2.68 bits per heavy atom. The zero-order valence-corrected chi connectivity index (χ0v) is 15.2. The number of rotatable bonds is 3. The van der Waals surface area contributed by atoms with Crippen LogP contribution in [0.15, 0.2) is 12.3 Å². The van der Waals surface area contributed by atoms with Gasteiger partial charge in [0.2, 0.25) is 5.91 Å². The molecule has 6 nitrogen and oxygen atoms in total. The Labute approximate surface area is 147 Å². The third-order valence-corrected chi connectivity index (χ3v) is 4.06. The molecule has 1 aromatic heterocycles. The Hall–Kier alpha value is -2.18. The van der Waals surface area contributed by atoms with E-state index < -0.39 is 17.5 Å². The van der Waals surface area contributed by atoms with Crippen LogP contribution in [0, 0.1) is 18.7 Å². The monoisotopic (exact) mass is 351 g/mol. The minimum atomic E-state index is -0.554. The number of carbonyl (C=O) groups is 2. The number of anilines is 1. The summed E-state index contributed by atoms with van der Waals surface area (Å²) in [4.78, 5) is 28.2. The Kier molecular flexibility index (Phi) is 5.98.